The van der Waals surface area contributed by atoms with E-state index in [4.69, 9.17) is 10.5 Å². The maximum Gasteiger partial charge on any atom is 0.162 e. The fourth-order valence-electron chi connectivity index (χ4n) is 2.92. The van der Waals surface area contributed by atoms with Crippen LogP contribution < -0.4 is 5.73 Å². The first-order valence-corrected chi connectivity index (χ1v) is 9.25. The Morgan fingerprint density at radius 1 is 1.21 bits per heavy atom. The number of amidine groups is 1. The Hall–Kier alpha value is -3.54. The van der Waals surface area contributed by atoms with Crippen molar-refractivity contribution >= 4 is 28.1 Å². The number of allylic oxidation sites excluding steroid dienone is 1. The molecule has 0 aliphatic rings. The third-order valence-corrected chi connectivity index (χ3v) is 4.28. The summed E-state index contributed by atoms with van der Waals surface area (Å²) in [5.74, 6) is 1.06. The second-order valence-corrected chi connectivity index (χ2v) is 6.05. The van der Waals surface area contributed by atoms with Crippen LogP contribution in [-0.4, -0.2) is 27.3 Å². The van der Waals surface area contributed by atoms with Crippen LogP contribution in [0.15, 0.2) is 71.9 Å². The number of nitrogens with two attached hydrogens (primary N) is 1. The van der Waals surface area contributed by atoms with Crippen molar-refractivity contribution in [3.05, 3.63) is 67.0 Å². The maximum atomic E-state index is 6.04. The number of hydrogen-bond acceptors (Lipinski definition) is 3. The monoisotopic (exact) mass is 375 g/mol. The van der Waals surface area contributed by atoms with Gasteiger partial charge in [-0.3, -0.25) is 0 Å². The Kier molecular flexibility index (Phi) is 5.79. The van der Waals surface area contributed by atoms with Gasteiger partial charge in [0.05, 0.1) is 12.9 Å². The summed E-state index contributed by atoms with van der Waals surface area (Å²) in [5.41, 5.74) is 10.7. The van der Waals surface area contributed by atoms with Crippen LogP contribution in [0.5, 0.6) is 0 Å². The number of aromatic amines is 1. The van der Waals surface area contributed by atoms with E-state index >= 15 is 0 Å². The molecule has 0 aliphatic heterocycles. The predicted octanol–water partition coefficient (Wildman–Crippen LogP) is 5.05. The minimum absolute atomic E-state index is 0.367. The van der Waals surface area contributed by atoms with Gasteiger partial charge in [-0.05, 0) is 36.1 Å². The molecule has 0 amide bonds. The molecule has 3 aromatic heterocycles. The van der Waals surface area contributed by atoms with Crippen molar-refractivity contribution in [2.45, 2.75) is 20.8 Å². The van der Waals surface area contributed by atoms with E-state index in [0.717, 1.165) is 22.3 Å². The lowest BCUT2D eigenvalue weighted by Crippen LogP contribution is -2.08. The second kappa shape index (κ2) is 8.43. The Morgan fingerprint density at radius 3 is 2.82 bits per heavy atom. The normalized spacial score (nSPS) is 12.1. The minimum atomic E-state index is 0.367. The number of imidazole rings is 1. The number of H-pyrrole nitrogens is 1. The van der Waals surface area contributed by atoms with E-state index in [1.807, 2.05) is 49.8 Å². The Balaban J connectivity index is 0.00000109. The van der Waals surface area contributed by atoms with Crippen LogP contribution in [0.25, 0.3) is 27.7 Å². The molecule has 6 heteroatoms. The third kappa shape index (κ3) is 3.91. The highest BCUT2D eigenvalue weighted by atomic mass is 16.5. The average Bonchev–Trinajstić information content (AvgIpc) is 3.37. The number of methoxy groups -OCH3 is 1. The van der Waals surface area contributed by atoms with Gasteiger partial charge in [-0.15, -0.1) is 0 Å². The first-order valence-electron chi connectivity index (χ1n) is 9.25. The van der Waals surface area contributed by atoms with E-state index in [2.05, 4.69) is 39.2 Å². The summed E-state index contributed by atoms with van der Waals surface area (Å²) in [5, 5.41) is 1.18. The number of fused-ring (bicyclic) bond motifs is 2. The summed E-state index contributed by atoms with van der Waals surface area (Å²) < 4.78 is 7.08. The smallest absolute Gasteiger partial charge is 0.162 e. The number of aliphatic imine (C=N–C) groups is 1. The summed E-state index contributed by atoms with van der Waals surface area (Å²) in [4.78, 5) is 12.2. The van der Waals surface area contributed by atoms with Crippen molar-refractivity contribution in [1.82, 2.24) is 14.4 Å². The lowest BCUT2D eigenvalue weighted by atomic mass is 10.1. The largest absolute Gasteiger partial charge is 0.501 e. The number of pyridine rings is 1. The summed E-state index contributed by atoms with van der Waals surface area (Å²) in [6, 6.07) is 10.4. The maximum absolute atomic E-state index is 6.04. The SMILES string of the molecule is CC.CO/C(C)=C\C(N)=Nc1cc(-c2ccc3cc[nH]c3c2)cn2ccnc12. The molecule has 4 rings (SSSR count). The molecule has 1 aromatic carbocycles. The zero-order valence-electron chi connectivity index (χ0n) is 16.6. The minimum Gasteiger partial charge on any atom is -0.501 e. The average molecular weight is 375 g/mol. The first-order chi connectivity index (χ1) is 13.6. The molecule has 0 bridgehead atoms. The molecule has 3 N–H and O–H groups in total. The standard InChI is InChI=1S/C20H19N5O.C2H6/c1-13(26-2)9-19(21)24-18-11-16(12-25-8-7-23-20(18)25)15-4-3-14-5-6-22-17(14)10-15;1-2/h3-12,22H,1-2H3,(H2,21,24);1-2H3/b13-9-;. The molecule has 4 aromatic rings. The number of benzene rings is 1. The van der Waals surface area contributed by atoms with E-state index in [1.165, 1.54) is 5.39 Å². The highest BCUT2D eigenvalue weighted by molar-refractivity contribution is 5.95. The number of hydrogen-bond donors (Lipinski definition) is 2. The molecule has 28 heavy (non-hydrogen) atoms. The lowest BCUT2D eigenvalue weighted by Gasteiger charge is -2.07. The quantitative estimate of drug-likeness (QED) is 0.298. The summed E-state index contributed by atoms with van der Waals surface area (Å²) in [7, 11) is 1.60. The topological polar surface area (TPSA) is 80.7 Å². The van der Waals surface area contributed by atoms with Crippen molar-refractivity contribution in [1.29, 1.82) is 0 Å². The Morgan fingerprint density at radius 2 is 2.04 bits per heavy atom. The van der Waals surface area contributed by atoms with Crippen molar-refractivity contribution in [3.8, 4) is 11.1 Å². The van der Waals surface area contributed by atoms with Crippen molar-refractivity contribution < 1.29 is 4.74 Å². The van der Waals surface area contributed by atoms with Gasteiger partial charge in [0.25, 0.3) is 0 Å². The van der Waals surface area contributed by atoms with Crippen molar-refractivity contribution in [2.24, 2.45) is 10.7 Å². The van der Waals surface area contributed by atoms with E-state index in [9.17, 15) is 0 Å². The molecule has 3 heterocycles. The molecular formula is C22H25N5O. The van der Waals surface area contributed by atoms with Crippen molar-refractivity contribution in [2.75, 3.05) is 7.11 Å². The van der Waals surface area contributed by atoms with Crippen molar-refractivity contribution in [3.63, 3.8) is 0 Å². The highest BCUT2D eigenvalue weighted by Crippen LogP contribution is 2.29. The number of aromatic nitrogens is 3. The van der Waals surface area contributed by atoms with Crippen LogP contribution in [0.1, 0.15) is 20.8 Å². The Bertz CT molecular complexity index is 1150. The predicted molar refractivity (Wildman–Crippen MR) is 116 cm³/mol. The fourth-order valence-corrected chi connectivity index (χ4v) is 2.92. The molecule has 0 saturated heterocycles. The molecule has 144 valence electrons. The zero-order valence-corrected chi connectivity index (χ0v) is 16.6. The zero-order chi connectivity index (χ0) is 20.1. The van der Waals surface area contributed by atoms with E-state index in [1.54, 1.807) is 19.4 Å². The number of ether oxygens (including phenoxy) is 1. The van der Waals surface area contributed by atoms with Gasteiger partial charge in [0, 0.05) is 41.9 Å². The molecule has 0 atom stereocenters. The highest BCUT2D eigenvalue weighted by Gasteiger charge is 2.08. The van der Waals surface area contributed by atoms with Gasteiger partial charge in [0.15, 0.2) is 5.65 Å². The molecule has 0 fully saturated rings. The van der Waals surface area contributed by atoms with Gasteiger partial charge in [-0.2, -0.15) is 0 Å². The molecule has 0 saturated carbocycles. The van der Waals surface area contributed by atoms with Crippen LogP contribution in [0.4, 0.5) is 5.69 Å². The first kappa shape index (κ1) is 19.2. The van der Waals surface area contributed by atoms with Gasteiger partial charge >= 0.3 is 0 Å². The number of nitrogens with zero attached hydrogens (tertiary/aromatic N) is 3. The van der Waals surface area contributed by atoms with Gasteiger partial charge in [0.1, 0.15) is 11.5 Å². The van der Waals surface area contributed by atoms with Gasteiger partial charge in [0.2, 0.25) is 0 Å². The molecule has 0 unspecified atom stereocenters. The molecule has 0 spiro atoms. The fraction of sp³-hybridized carbons (Fsp3) is 0.182. The van der Waals surface area contributed by atoms with Gasteiger partial charge < -0.3 is 19.9 Å². The van der Waals surface area contributed by atoms with Crippen LogP contribution in [0, 0.1) is 0 Å². The molecule has 0 radical (unpaired) electrons. The van der Waals surface area contributed by atoms with E-state index in [0.29, 0.717) is 17.3 Å². The summed E-state index contributed by atoms with van der Waals surface area (Å²) >= 11 is 0. The van der Waals surface area contributed by atoms with Crippen LogP contribution in [0.2, 0.25) is 0 Å². The molecule has 0 aliphatic carbocycles. The van der Waals surface area contributed by atoms with E-state index in [-0.39, 0.29) is 0 Å². The van der Waals surface area contributed by atoms with Crippen LogP contribution >= 0.6 is 0 Å². The number of rotatable bonds is 4. The van der Waals surface area contributed by atoms with Crippen LogP contribution in [0.3, 0.4) is 0 Å². The van der Waals surface area contributed by atoms with Gasteiger partial charge in [-0.25, -0.2) is 9.98 Å². The summed E-state index contributed by atoms with van der Waals surface area (Å²) in [6.45, 7) is 5.83. The molecule has 6 nitrogen and oxygen atoms in total. The second-order valence-electron chi connectivity index (χ2n) is 6.05. The lowest BCUT2D eigenvalue weighted by molar-refractivity contribution is 0.294. The third-order valence-electron chi connectivity index (χ3n) is 4.28. The number of nitrogens with one attached hydrogen (secondary N) is 1. The van der Waals surface area contributed by atoms with E-state index < -0.39 is 0 Å². The van der Waals surface area contributed by atoms with Crippen LogP contribution in [-0.2, 0) is 4.74 Å². The summed E-state index contributed by atoms with van der Waals surface area (Å²) in [6.07, 6.45) is 9.32. The van der Waals surface area contributed by atoms with Gasteiger partial charge in [-0.1, -0.05) is 26.0 Å². The molecular weight excluding hydrogens is 350 g/mol. The Labute approximate surface area is 164 Å².